The number of nitrogens with zero attached hydrogens (tertiary/aromatic N) is 3. The van der Waals surface area contributed by atoms with E-state index in [0.717, 1.165) is 42.7 Å². The van der Waals surface area contributed by atoms with Crippen molar-refractivity contribution in [3.8, 4) is 0 Å². The Morgan fingerprint density at radius 1 is 0.778 bits per heavy atom. The molecule has 3 aromatic rings. The highest BCUT2D eigenvalue weighted by Crippen LogP contribution is 2.26. The van der Waals surface area contributed by atoms with Crippen LogP contribution in [0.3, 0.4) is 0 Å². The standard InChI is InChI=1S/C37H47N3O5/c1-38(32-18-20-33(21-19-32)39-23-10-4-11-24-39)37(42)40-25-12-9-17-35(40)36(41)45-34(29-44-28-31-15-7-3-8-16-31)22-26-43-27-30-13-5-2-6-14-30/h2-3,5-8,13-16,18-21,34-35H,4,9-12,17,22-29H2,1H3/t34?,35-/m0/s1. The van der Waals surface area contributed by atoms with Gasteiger partial charge in [-0.15, -0.1) is 0 Å². The molecule has 0 N–H and O–H groups in total. The number of likely N-dealkylation sites (tertiary alicyclic amines) is 1. The van der Waals surface area contributed by atoms with Crippen molar-refractivity contribution in [3.63, 3.8) is 0 Å². The molecule has 0 spiro atoms. The Morgan fingerprint density at radius 2 is 1.40 bits per heavy atom. The lowest BCUT2D eigenvalue weighted by Crippen LogP contribution is -2.53. The Morgan fingerprint density at radius 3 is 2.07 bits per heavy atom. The van der Waals surface area contributed by atoms with Crippen LogP contribution in [0.4, 0.5) is 16.2 Å². The van der Waals surface area contributed by atoms with E-state index in [0.29, 0.717) is 39.2 Å². The molecule has 2 saturated heterocycles. The van der Waals surface area contributed by atoms with Crippen LogP contribution >= 0.6 is 0 Å². The van der Waals surface area contributed by atoms with E-state index >= 15 is 0 Å². The maximum Gasteiger partial charge on any atom is 0.329 e. The topological polar surface area (TPSA) is 71.6 Å². The van der Waals surface area contributed by atoms with Gasteiger partial charge in [-0.2, -0.15) is 0 Å². The van der Waals surface area contributed by atoms with Gasteiger partial charge in [-0.3, -0.25) is 4.90 Å². The molecule has 0 bridgehead atoms. The van der Waals surface area contributed by atoms with Crippen LogP contribution in [-0.2, 0) is 32.2 Å². The molecule has 240 valence electrons. The summed E-state index contributed by atoms with van der Waals surface area (Å²) in [6, 6.07) is 27.3. The first kappa shape index (κ1) is 32.5. The van der Waals surface area contributed by atoms with Gasteiger partial charge in [-0.25, -0.2) is 9.59 Å². The van der Waals surface area contributed by atoms with E-state index in [-0.39, 0.29) is 18.6 Å². The lowest BCUT2D eigenvalue weighted by molar-refractivity contribution is -0.160. The predicted molar refractivity (Wildman–Crippen MR) is 177 cm³/mol. The Kier molecular flexibility index (Phi) is 12.3. The van der Waals surface area contributed by atoms with Gasteiger partial charge in [0.1, 0.15) is 12.1 Å². The highest BCUT2D eigenvalue weighted by Gasteiger charge is 2.36. The Bertz CT molecular complexity index is 1310. The second kappa shape index (κ2) is 17.0. The first-order valence-electron chi connectivity index (χ1n) is 16.4. The molecule has 8 heteroatoms. The predicted octanol–water partition coefficient (Wildman–Crippen LogP) is 6.82. The highest BCUT2D eigenvalue weighted by molar-refractivity contribution is 5.94. The molecule has 3 aromatic carbocycles. The molecule has 2 aliphatic rings. The second-order valence-electron chi connectivity index (χ2n) is 12.0. The number of benzene rings is 3. The van der Waals surface area contributed by atoms with Crippen LogP contribution in [0.25, 0.3) is 0 Å². The van der Waals surface area contributed by atoms with E-state index in [1.54, 1.807) is 16.8 Å². The summed E-state index contributed by atoms with van der Waals surface area (Å²) in [6.07, 6.45) is 6.03. The number of rotatable bonds is 13. The van der Waals surface area contributed by atoms with Crippen LogP contribution in [0.1, 0.15) is 56.1 Å². The molecule has 0 aliphatic carbocycles. The van der Waals surface area contributed by atoms with Crippen LogP contribution in [0.5, 0.6) is 0 Å². The minimum atomic E-state index is -0.636. The van der Waals surface area contributed by atoms with E-state index in [1.165, 1.54) is 24.9 Å². The van der Waals surface area contributed by atoms with Gasteiger partial charge in [-0.05, 0) is 73.9 Å². The van der Waals surface area contributed by atoms with E-state index in [1.807, 2.05) is 72.8 Å². The van der Waals surface area contributed by atoms with E-state index in [2.05, 4.69) is 17.0 Å². The van der Waals surface area contributed by atoms with Crippen LogP contribution in [0.2, 0.25) is 0 Å². The summed E-state index contributed by atoms with van der Waals surface area (Å²) in [4.78, 5) is 33.1. The molecule has 0 aromatic heterocycles. The fourth-order valence-corrected chi connectivity index (χ4v) is 6.03. The molecule has 5 rings (SSSR count). The Labute approximate surface area is 267 Å². The third-order valence-corrected chi connectivity index (χ3v) is 8.66. The summed E-state index contributed by atoms with van der Waals surface area (Å²) >= 11 is 0. The average Bonchev–Trinajstić information content (AvgIpc) is 3.10. The SMILES string of the molecule is CN(C(=O)N1CCCC[C@H]1C(=O)OC(CCOCc1ccccc1)COCc1ccccc1)c1ccc(N2CCCCC2)cc1. The summed E-state index contributed by atoms with van der Waals surface area (Å²) < 4.78 is 18.0. The number of esters is 1. The smallest absolute Gasteiger partial charge is 0.329 e. The molecule has 45 heavy (non-hydrogen) atoms. The minimum Gasteiger partial charge on any atom is -0.458 e. The molecule has 2 heterocycles. The fraction of sp³-hybridized carbons (Fsp3) is 0.459. The van der Waals surface area contributed by atoms with Crippen LogP contribution < -0.4 is 9.80 Å². The number of anilines is 2. The van der Waals surface area contributed by atoms with Crippen LogP contribution in [0.15, 0.2) is 84.9 Å². The largest absolute Gasteiger partial charge is 0.458 e. The van der Waals surface area contributed by atoms with Crippen molar-refractivity contribution in [2.45, 2.75) is 70.3 Å². The maximum absolute atomic E-state index is 13.7. The number of ether oxygens (including phenoxy) is 3. The number of carbonyl (C=O) groups is 2. The zero-order chi connectivity index (χ0) is 31.3. The van der Waals surface area contributed by atoms with Gasteiger partial charge in [-0.1, -0.05) is 60.7 Å². The maximum atomic E-state index is 13.7. The number of piperidine rings is 2. The highest BCUT2D eigenvalue weighted by atomic mass is 16.6. The molecule has 0 radical (unpaired) electrons. The number of urea groups is 1. The van der Waals surface area contributed by atoms with E-state index in [9.17, 15) is 9.59 Å². The van der Waals surface area contributed by atoms with Gasteiger partial charge < -0.3 is 24.0 Å². The number of carbonyl (C=O) groups excluding carboxylic acids is 2. The minimum absolute atomic E-state index is 0.189. The summed E-state index contributed by atoms with van der Waals surface area (Å²) in [5.74, 6) is -0.381. The number of amides is 2. The first-order chi connectivity index (χ1) is 22.1. The zero-order valence-electron chi connectivity index (χ0n) is 26.5. The third-order valence-electron chi connectivity index (χ3n) is 8.66. The molecular weight excluding hydrogens is 566 g/mol. The van der Waals surface area contributed by atoms with E-state index in [4.69, 9.17) is 14.2 Å². The lowest BCUT2D eigenvalue weighted by Gasteiger charge is -2.37. The van der Waals surface area contributed by atoms with Crippen molar-refractivity contribution in [1.29, 1.82) is 0 Å². The molecule has 2 fully saturated rings. The summed E-state index contributed by atoms with van der Waals surface area (Å²) in [5.41, 5.74) is 4.14. The molecule has 2 amide bonds. The zero-order valence-corrected chi connectivity index (χ0v) is 26.5. The second-order valence-corrected chi connectivity index (χ2v) is 12.0. The molecule has 0 saturated carbocycles. The van der Waals surface area contributed by atoms with Gasteiger partial charge in [0.15, 0.2) is 0 Å². The van der Waals surface area contributed by atoms with Gasteiger partial charge in [0, 0.05) is 44.5 Å². The van der Waals surface area contributed by atoms with E-state index < -0.39 is 12.1 Å². The van der Waals surface area contributed by atoms with Crippen molar-refractivity contribution in [3.05, 3.63) is 96.1 Å². The Hall–Kier alpha value is -3.88. The van der Waals surface area contributed by atoms with Crippen LogP contribution in [-0.4, -0.2) is 68.9 Å². The number of hydrogen-bond donors (Lipinski definition) is 0. The summed E-state index contributed by atoms with van der Waals surface area (Å²) in [7, 11) is 1.78. The average molecular weight is 614 g/mol. The van der Waals surface area contributed by atoms with Gasteiger partial charge >= 0.3 is 12.0 Å². The van der Waals surface area contributed by atoms with Crippen molar-refractivity contribution in [1.82, 2.24) is 4.90 Å². The Balaban J connectivity index is 1.19. The fourth-order valence-electron chi connectivity index (χ4n) is 6.03. The lowest BCUT2D eigenvalue weighted by atomic mass is 10.0. The van der Waals surface area contributed by atoms with Crippen molar-refractivity contribution in [2.24, 2.45) is 0 Å². The molecule has 2 atom stereocenters. The monoisotopic (exact) mass is 613 g/mol. The molecule has 8 nitrogen and oxygen atoms in total. The molecule has 1 unspecified atom stereocenters. The molecular formula is C37H47N3O5. The van der Waals surface area contributed by atoms with Crippen molar-refractivity contribution >= 4 is 23.4 Å². The quantitative estimate of drug-likeness (QED) is 0.156. The van der Waals surface area contributed by atoms with Gasteiger partial charge in [0.25, 0.3) is 0 Å². The molecule has 2 aliphatic heterocycles. The van der Waals surface area contributed by atoms with Gasteiger partial charge in [0.05, 0.1) is 26.4 Å². The first-order valence-corrected chi connectivity index (χ1v) is 16.4. The van der Waals surface area contributed by atoms with Crippen LogP contribution in [0, 0.1) is 0 Å². The summed E-state index contributed by atoms with van der Waals surface area (Å²) in [6.45, 7) is 4.25. The normalized spacial score (nSPS) is 17.5. The van der Waals surface area contributed by atoms with Gasteiger partial charge in [0.2, 0.25) is 0 Å². The number of hydrogen-bond acceptors (Lipinski definition) is 6. The van der Waals surface area contributed by atoms with Crippen molar-refractivity contribution in [2.75, 3.05) is 49.7 Å². The third kappa shape index (κ3) is 9.55. The van der Waals surface area contributed by atoms with Crippen molar-refractivity contribution < 1.29 is 23.8 Å². The summed E-state index contributed by atoms with van der Waals surface area (Å²) in [5, 5.41) is 0.